The Morgan fingerprint density at radius 3 is 2.46 bits per heavy atom. The molecule has 134 valence electrons. The number of rotatable bonds is 11. The summed E-state index contributed by atoms with van der Waals surface area (Å²) < 4.78 is 11.7. The van der Waals surface area contributed by atoms with Crippen LogP contribution >= 0.6 is 0 Å². The molecule has 0 aromatic heterocycles. The van der Waals surface area contributed by atoms with Crippen molar-refractivity contribution in [3.05, 3.63) is 35.4 Å². The molecule has 1 aromatic rings. The Morgan fingerprint density at radius 1 is 1.17 bits per heavy atom. The van der Waals surface area contributed by atoms with Crippen LogP contribution in [0.3, 0.4) is 0 Å². The molecule has 0 saturated carbocycles. The van der Waals surface area contributed by atoms with Crippen LogP contribution in [0.25, 0.3) is 0 Å². The van der Waals surface area contributed by atoms with Gasteiger partial charge in [-0.1, -0.05) is 24.2 Å². The normalized spacial score (nSPS) is 11.6. The average molecular weight is 334 g/mol. The fourth-order valence-electron chi connectivity index (χ4n) is 2.34. The second kappa shape index (κ2) is 11.5. The van der Waals surface area contributed by atoms with Crippen molar-refractivity contribution in [3.63, 3.8) is 0 Å². The van der Waals surface area contributed by atoms with E-state index in [0.717, 1.165) is 42.3 Å². The van der Waals surface area contributed by atoms with E-state index >= 15 is 0 Å². The molecule has 0 aliphatic heterocycles. The van der Waals surface area contributed by atoms with Crippen molar-refractivity contribution in [2.45, 2.75) is 27.7 Å². The van der Waals surface area contributed by atoms with Gasteiger partial charge in [0, 0.05) is 13.1 Å². The Kier molecular flexibility index (Phi) is 9.61. The second-order valence-electron chi connectivity index (χ2n) is 5.48. The lowest BCUT2D eigenvalue weighted by molar-refractivity contribution is 0.208. The predicted molar refractivity (Wildman–Crippen MR) is 99.3 cm³/mol. The first kappa shape index (κ1) is 20.0. The second-order valence-corrected chi connectivity index (χ2v) is 5.48. The van der Waals surface area contributed by atoms with E-state index in [9.17, 15) is 0 Å². The van der Waals surface area contributed by atoms with Crippen LogP contribution in [0.2, 0.25) is 0 Å². The fourth-order valence-corrected chi connectivity index (χ4v) is 2.34. The lowest BCUT2D eigenvalue weighted by Crippen LogP contribution is -2.30. The highest BCUT2D eigenvalue weighted by Gasteiger charge is 2.08. The van der Waals surface area contributed by atoms with Gasteiger partial charge >= 0.3 is 0 Å². The Hall–Kier alpha value is -2.01. The molecule has 24 heavy (non-hydrogen) atoms. The minimum Gasteiger partial charge on any atom is -0.492 e. The molecule has 5 heteroatoms. The van der Waals surface area contributed by atoms with E-state index in [1.54, 1.807) is 13.3 Å². The number of hydrogen-bond donors (Lipinski definition) is 0. The van der Waals surface area contributed by atoms with E-state index in [-0.39, 0.29) is 0 Å². The van der Waals surface area contributed by atoms with E-state index in [1.807, 2.05) is 45.1 Å². The molecular formula is C19H30N2O3. The Balaban J connectivity index is 2.56. The fraction of sp³-hybridized carbons (Fsp3) is 0.526. The molecule has 0 fully saturated rings. The summed E-state index contributed by atoms with van der Waals surface area (Å²) in [5, 5.41) is 3.77. The van der Waals surface area contributed by atoms with Crippen LogP contribution in [0.15, 0.2) is 29.4 Å². The van der Waals surface area contributed by atoms with Gasteiger partial charge in [-0.05, 0) is 50.6 Å². The van der Waals surface area contributed by atoms with Crippen LogP contribution in [0.5, 0.6) is 11.5 Å². The highest BCUT2D eigenvalue weighted by molar-refractivity contribution is 5.58. The molecule has 1 rings (SSSR count). The lowest BCUT2D eigenvalue weighted by atomic mass is 10.1. The Morgan fingerprint density at radius 2 is 1.88 bits per heavy atom. The van der Waals surface area contributed by atoms with Crippen molar-refractivity contribution in [3.8, 4) is 11.5 Å². The van der Waals surface area contributed by atoms with Crippen LogP contribution < -0.4 is 9.47 Å². The van der Waals surface area contributed by atoms with Crippen LogP contribution in [-0.4, -0.2) is 51.1 Å². The molecule has 0 N–H and O–H groups in total. The summed E-state index contributed by atoms with van der Waals surface area (Å²) in [6, 6.07) is 4.04. The molecule has 0 spiro atoms. The largest absolute Gasteiger partial charge is 0.492 e. The zero-order chi connectivity index (χ0) is 17.8. The maximum atomic E-state index is 6.00. The third-order valence-corrected chi connectivity index (χ3v) is 3.64. The number of benzene rings is 1. The SMILES string of the molecule is C/C=C/COc1cc(C)c(OCCN(CC)C/C=N/OC)c(C)c1. The van der Waals surface area contributed by atoms with Crippen molar-refractivity contribution < 1.29 is 14.3 Å². The van der Waals surface area contributed by atoms with Crippen LogP contribution in [-0.2, 0) is 4.84 Å². The third kappa shape index (κ3) is 7.04. The van der Waals surface area contributed by atoms with Gasteiger partial charge in [0.2, 0.25) is 0 Å². The van der Waals surface area contributed by atoms with Gasteiger partial charge in [-0.15, -0.1) is 0 Å². The van der Waals surface area contributed by atoms with Gasteiger partial charge in [0.25, 0.3) is 0 Å². The maximum absolute atomic E-state index is 6.00. The zero-order valence-corrected chi connectivity index (χ0v) is 15.5. The lowest BCUT2D eigenvalue weighted by Gasteiger charge is -2.19. The smallest absolute Gasteiger partial charge is 0.125 e. The molecule has 1 aromatic carbocycles. The van der Waals surface area contributed by atoms with E-state index in [1.165, 1.54) is 0 Å². The first-order chi connectivity index (χ1) is 11.6. The van der Waals surface area contributed by atoms with Gasteiger partial charge in [0.1, 0.15) is 31.8 Å². The minimum atomic E-state index is 0.587. The molecular weight excluding hydrogens is 304 g/mol. The molecule has 0 aliphatic carbocycles. The molecule has 0 bridgehead atoms. The van der Waals surface area contributed by atoms with Gasteiger partial charge in [0.05, 0.1) is 6.21 Å². The maximum Gasteiger partial charge on any atom is 0.125 e. The molecule has 0 saturated heterocycles. The van der Waals surface area contributed by atoms with Gasteiger partial charge in [-0.3, -0.25) is 4.90 Å². The van der Waals surface area contributed by atoms with Crippen molar-refractivity contribution in [1.82, 2.24) is 4.90 Å². The third-order valence-electron chi connectivity index (χ3n) is 3.64. The number of likely N-dealkylation sites (N-methyl/N-ethyl adjacent to an activating group) is 1. The van der Waals surface area contributed by atoms with Crippen LogP contribution in [0.4, 0.5) is 0 Å². The first-order valence-electron chi connectivity index (χ1n) is 8.37. The average Bonchev–Trinajstić information content (AvgIpc) is 2.56. The summed E-state index contributed by atoms with van der Waals surface area (Å²) in [6.45, 7) is 12.0. The van der Waals surface area contributed by atoms with Crippen molar-refractivity contribution in [2.75, 3.05) is 40.0 Å². The Labute approximate surface area is 145 Å². The number of allylic oxidation sites excluding steroid dienone is 1. The number of nitrogens with zero attached hydrogens (tertiary/aromatic N) is 2. The summed E-state index contributed by atoms with van der Waals surface area (Å²) >= 11 is 0. The van der Waals surface area contributed by atoms with Crippen LogP contribution in [0, 0.1) is 13.8 Å². The summed E-state index contributed by atoms with van der Waals surface area (Å²) in [6.07, 6.45) is 5.73. The zero-order valence-electron chi connectivity index (χ0n) is 15.5. The molecule has 0 amide bonds. The highest BCUT2D eigenvalue weighted by atomic mass is 16.6. The summed E-state index contributed by atoms with van der Waals surface area (Å²) in [5.41, 5.74) is 2.18. The standard InChI is InChI=1S/C19H30N2O3/c1-6-8-12-23-18-14-16(3)19(17(4)15-18)24-13-11-21(7-2)10-9-20-22-5/h6,8-9,14-15H,7,10-13H2,1-5H3/b8-6+,20-9+. The summed E-state index contributed by atoms with van der Waals surface area (Å²) in [7, 11) is 1.55. The van der Waals surface area contributed by atoms with Crippen molar-refractivity contribution >= 4 is 6.21 Å². The topological polar surface area (TPSA) is 43.3 Å². The van der Waals surface area contributed by atoms with E-state index in [2.05, 4.69) is 21.8 Å². The molecule has 5 nitrogen and oxygen atoms in total. The summed E-state index contributed by atoms with van der Waals surface area (Å²) in [4.78, 5) is 6.92. The van der Waals surface area contributed by atoms with Gasteiger partial charge in [0.15, 0.2) is 0 Å². The van der Waals surface area contributed by atoms with E-state index < -0.39 is 0 Å². The molecule has 0 radical (unpaired) electrons. The number of oxime groups is 1. The monoisotopic (exact) mass is 334 g/mol. The van der Waals surface area contributed by atoms with E-state index in [0.29, 0.717) is 13.2 Å². The van der Waals surface area contributed by atoms with Crippen molar-refractivity contribution in [2.24, 2.45) is 5.16 Å². The molecule has 0 unspecified atom stereocenters. The number of aryl methyl sites for hydroxylation is 2. The summed E-state index contributed by atoms with van der Waals surface area (Å²) in [5.74, 6) is 1.82. The van der Waals surface area contributed by atoms with Crippen LogP contribution in [0.1, 0.15) is 25.0 Å². The minimum absolute atomic E-state index is 0.587. The van der Waals surface area contributed by atoms with E-state index in [4.69, 9.17) is 9.47 Å². The first-order valence-corrected chi connectivity index (χ1v) is 8.37. The molecule has 0 aliphatic rings. The van der Waals surface area contributed by atoms with Gasteiger partial charge in [-0.2, -0.15) is 0 Å². The number of hydrogen-bond acceptors (Lipinski definition) is 5. The highest BCUT2D eigenvalue weighted by Crippen LogP contribution is 2.28. The quantitative estimate of drug-likeness (QED) is 0.352. The molecule has 0 heterocycles. The van der Waals surface area contributed by atoms with Gasteiger partial charge in [-0.25, -0.2) is 0 Å². The Bertz CT molecular complexity index is 518. The van der Waals surface area contributed by atoms with Gasteiger partial charge < -0.3 is 14.3 Å². The predicted octanol–water partition coefficient (Wildman–Crippen LogP) is 3.59. The molecule has 0 atom stereocenters. The van der Waals surface area contributed by atoms with Crippen molar-refractivity contribution in [1.29, 1.82) is 0 Å². The number of ether oxygens (including phenoxy) is 2.